The molecule has 0 saturated heterocycles. The highest BCUT2D eigenvalue weighted by molar-refractivity contribution is 5.88. The van der Waals surface area contributed by atoms with Gasteiger partial charge in [-0.2, -0.15) is 0 Å². The van der Waals surface area contributed by atoms with E-state index in [0.29, 0.717) is 23.5 Å². The van der Waals surface area contributed by atoms with Crippen molar-refractivity contribution >= 4 is 16.6 Å². The summed E-state index contributed by atoms with van der Waals surface area (Å²) < 4.78 is 11.2. The quantitative estimate of drug-likeness (QED) is 0.0763. The number of ketones is 1. The van der Waals surface area contributed by atoms with Crippen LogP contribution in [-0.4, -0.2) is 51.5 Å². The lowest BCUT2D eigenvalue weighted by Crippen LogP contribution is -2.33. The molecule has 53 heavy (non-hydrogen) atoms. The van der Waals surface area contributed by atoms with Gasteiger partial charge in [0.2, 0.25) is 0 Å². The van der Waals surface area contributed by atoms with E-state index < -0.39 is 17.9 Å². The number of nitrogens with one attached hydrogen (secondary N) is 1. The first-order chi connectivity index (χ1) is 25.7. The molecule has 5 N–H and O–H groups in total. The number of phenols is 3. The molecule has 1 aliphatic carbocycles. The number of phenolic OH excluding ortho intramolecular Hbond substituents is 3. The maximum Gasteiger partial charge on any atom is 0.164 e. The van der Waals surface area contributed by atoms with Gasteiger partial charge in [-0.3, -0.25) is 4.79 Å². The predicted molar refractivity (Wildman–Crippen MR) is 205 cm³/mol. The Bertz CT molecular complexity index is 2250. The van der Waals surface area contributed by atoms with Gasteiger partial charge in [0.1, 0.15) is 11.5 Å². The Kier molecular flexibility index (Phi) is 10.2. The number of aromatic hydroxyl groups is 3. The number of rotatable bonds is 13. The third-order valence-electron chi connectivity index (χ3n) is 10.6. The number of H-pyrrole nitrogens is 1. The van der Waals surface area contributed by atoms with Gasteiger partial charge in [-0.25, -0.2) is 0 Å². The summed E-state index contributed by atoms with van der Waals surface area (Å²) in [6, 6.07) is 31.6. The Morgan fingerprint density at radius 1 is 0.774 bits per heavy atom. The van der Waals surface area contributed by atoms with Crippen molar-refractivity contribution < 1.29 is 34.7 Å². The number of methoxy groups -OCH3 is 2. The van der Waals surface area contributed by atoms with Gasteiger partial charge in [-0.1, -0.05) is 78.9 Å². The summed E-state index contributed by atoms with van der Waals surface area (Å²) >= 11 is 0. The summed E-state index contributed by atoms with van der Waals surface area (Å²) in [6.07, 6.45) is 7.53. The SMILES string of the molecule is COc1cc(C[C@H](C(=O)C[C@@H](O)[C@H](Cc2cc[nH]c2)[C@H]2C=C[C@@H](c3cccc4ccccc34)c3c2ccc(O)c3OC)c2cccc(O)c2)ccc1O. The highest BCUT2D eigenvalue weighted by Gasteiger charge is 2.38. The average Bonchev–Trinajstić information content (AvgIpc) is 3.69. The molecule has 0 saturated carbocycles. The highest BCUT2D eigenvalue weighted by Crippen LogP contribution is 2.50. The third kappa shape index (κ3) is 7.23. The number of allylic oxidation sites excluding steroid dienone is 2. The maximum atomic E-state index is 14.4. The summed E-state index contributed by atoms with van der Waals surface area (Å²) in [7, 11) is 3.02. The number of ether oxygens (including phenoxy) is 2. The van der Waals surface area contributed by atoms with Crippen molar-refractivity contribution in [2.45, 2.75) is 43.1 Å². The van der Waals surface area contributed by atoms with E-state index in [-0.39, 0.29) is 47.7 Å². The fraction of sp³-hybridized carbons (Fsp3) is 0.222. The van der Waals surface area contributed by atoms with E-state index >= 15 is 0 Å². The van der Waals surface area contributed by atoms with Gasteiger partial charge in [0.15, 0.2) is 23.0 Å². The number of Topliss-reactive ketones (excluding diaryl/α,β-unsaturated/α-hetero) is 1. The highest BCUT2D eigenvalue weighted by atomic mass is 16.5. The van der Waals surface area contributed by atoms with Gasteiger partial charge in [0.05, 0.1) is 20.3 Å². The summed E-state index contributed by atoms with van der Waals surface area (Å²) in [6.45, 7) is 0. The average molecular weight is 710 g/mol. The van der Waals surface area contributed by atoms with Gasteiger partial charge >= 0.3 is 0 Å². The van der Waals surface area contributed by atoms with Gasteiger partial charge in [0, 0.05) is 42.1 Å². The Hall–Kier alpha value is -5.99. The molecule has 7 rings (SSSR count). The maximum absolute atomic E-state index is 14.4. The second kappa shape index (κ2) is 15.3. The van der Waals surface area contributed by atoms with E-state index in [2.05, 4.69) is 41.4 Å². The normalized spacial score (nSPS) is 16.8. The van der Waals surface area contributed by atoms with Crippen LogP contribution in [-0.2, 0) is 17.6 Å². The molecular weight excluding hydrogens is 666 g/mol. The monoisotopic (exact) mass is 709 g/mol. The Morgan fingerprint density at radius 3 is 2.34 bits per heavy atom. The van der Waals surface area contributed by atoms with Crippen LogP contribution in [0.1, 0.15) is 57.6 Å². The second-order valence-electron chi connectivity index (χ2n) is 13.8. The van der Waals surface area contributed by atoms with Gasteiger partial charge < -0.3 is 34.9 Å². The minimum absolute atomic E-state index is 0.00652. The molecule has 0 spiro atoms. The molecule has 0 radical (unpaired) electrons. The van der Waals surface area contributed by atoms with E-state index in [1.54, 1.807) is 49.6 Å². The second-order valence-corrected chi connectivity index (χ2v) is 13.8. The molecule has 0 bridgehead atoms. The summed E-state index contributed by atoms with van der Waals surface area (Å²) in [5.41, 5.74) is 5.17. The van der Waals surface area contributed by atoms with Crippen LogP contribution in [0, 0.1) is 5.92 Å². The molecule has 0 aliphatic heterocycles. The van der Waals surface area contributed by atoms with Crippen LogP contribution in [0.5, 0.6) is 28.7 Å². The molecule has 1 aliphatic rings. The first kappa shape index (κ1) is 35.4. The number of benzene rings is 5. The third-order valence-corrected chi connectivity index (χ3v) is 10.6. The zero-order valence-corrected chi connectivity index (χ0v) is 29.6. The first-order valence-electron chi connectivity index (χ1n) is 17.8. The van der Waals surface area contributed by atoms with Crippen LogP contribution >= 0.6 is 0 Å². The van der Waals surface area contributed by atoms with Crippen LogP contribution in [0.3, 0.4) is 0 Å². The molecule has 1 heterocycles. The zero-order chi connectivity index (χ0) is 37.1. The lowest BCUT2D eigenvalue weighted by molar-refractivity contribution is -0.123. The summed E-state index contributed by atoms with van der Waals surface area (Å²) in [5.74, 6) is -1.15. The minimum Gasteiger partial charge on any atom is -0.508 e. The minimum atomic E-state index is -1.07. The Morgan fingerprint density at radius 2 is 1.57 bits per heavy atom. The number of carbonyl (C=O) groups excluding carboxylic acids is 1. The lowest BCUT2D eigenvalue weighted by atomic mass is 9.69. The molecule has 6 aromatic rings. The zero-order valence-electron chi connectivity index (χ0n) is 29.6. The number of hydrogen-bond donors (Lipinski definition) is 5. The standard InChI is InChI=1S/C45H43NO7/c1-52-43-23-27(13-17-39(43)48)21-37(30-9-5-10-31(47)24-30)41(50)25-42(51)38(22-28-19-20-46-26-28)34-14-15-35(44-36(34)16-18-40(49)45(44)53-2)33-12-6-8-29-7-3-4-11-32(29)33/h3-20,23-24,26,34-35,37-38,42,46-49,51H,21-22,25H2,1-2H3/t34-,35-,37-,38+,42+/m0/s1. The van der Waals surface area contributed by atoms with E-state index in [4.69, 9.17) is 9.47 Å². The summed E-state index contributed by atoms with van der Waals surface area (Å²) in [4.78, 5) is 17.6. The van der Waals surface area contributed by atoms with Crippen molar-refractivity contribution in [2.75, 3.05) is 14.2 Å². The van der Waals surface area contributed by atoms with E-state index in [1.165, 1.54) is 13.2 Å². The van der Waals surface area contributed by atoms with Crippen LogP contribution < -0.4 is 9.47 Å². The molecule has 8 heteroatoms. The van der Waals surface area contributed by atoms with Crippen molar-refractivity contribution in [1.82, 2.24) is 4.98 Å². The Labute approximate surface area is 308 Å². The molecule has 270 valence electrons. The van der Waals surface area contributed by atoms with E-state index in [1.807, 2.05) is 42.7 Å². The van der Waals surface area contributed by atoms with Crippen molar-refractivity contribution in [3.63, 3.8) is 0 Å². The number of hydrogen-bond acceptors (Lipinski definition) is 7. The molecule has 0 fully saturated rings. The smallest absolute Gasteiger partial charge is 0.164 e. The van der Waals surface area contributed by atoms with Crippen LogP contribution in [0.4, 0.5) is 0 Å². The number of aromatic amines is 1. The molecule has 1 aromatic heterocycles. The number of aliphatic hydroxyl groups is 1. The number of aromatic nitrogens is 1. The van der Waals surface area contributed by atoms with Crippen LogP contribution in [0.15, 0.2) is 128 Å². The van der Waals surface area contributed by atoms with Crippen LogP contribution in [0.25, 0.3) is 10.8 Å². The molecule has 8 nitrogen and oxygen atoms in total. The van der Waals surface area contributed by atoms with E-state index in [9.17, 15) is 25.2 Å². The lowest BCUT2D eigenvalue weighted by Gasteiger charge is -2.36. The topological polar surface area (TPSA) is 132 Å². The molecule has 0 amide bonds. The Balaban J connectivity index is 1.27. The van der Waals surface area contributed by atoms with E-state index in [0.717, 1.165) is 38.6 Å². The number of fused-ring (bicyclic) bond motifs is 2. The van der Waals surface area contributed by atoms with Gasteiger partial charge in [-0.15, -0.1) is 0 Å². The van der Waals surface area contributed by atoms with Crippen molar-refractivity contribution in [3.05, 3.63) is 161 Å². The molecule has 5 aromatic carbocycles. The first-order valence-corrected chi connectivity index (χ1v) is 17.8. The number of carbonyl (C=O) groups is 1. The fourth-order valence-electron chi connectivity index (χ4n) is 8.02. The number of aliphatic hydroxyl groups excluding tert-OH is 1. The van der Waals surface area contributed by atoms with Crippen molar-refractivity contribution in [2.24, 2.45) is 5.92 Å². The fourth-order valence-corrected chi connectivity index (χ4v) is 8.02. The molecular formula is C45H43NO7. The van der Waals surface area contributed by atoms with Gasteiger partial charge in [0.25, 0.3) is 0 Å². The predicted octanol–water partition coefficient (Wildman–Crippen LogP) is 8.29. The van der Waals surface area contributed by atoms with Crippen molar-refractivity contribution in [1.29, 1.82) is 0 Å². The molecule has 0 unspecified atom stereocenters. The largest absolute Gasteiger partial charge is 0.508 e. The molecule has 5 atom stereocenters. The van der Waals surface area contributed by atoms with Crippen LogP contribution in [0.2, 0.25) is 0 Å². The van der Waals surface area contributed by atoms with Gasteiger partial charge in [-0.05, 0) is 93.7 Å². The summed E-state index contributed by atoms with van der Waals surface area (Å²) in [5, 5.41) is 46.1. The van der Waals surface area contributed by atoms with Crippen molar-refractivity contribution in [3.8, 4) is 28.7 Å².